The molecule has 3 heteroatoms. The molecule has 0 fully saturated rings. The third kappa shape index (κ3) is 5.35. The fourth-order valence-electron chi connectivity index (χ4n) is 2.58. The number of aromatic nitrogens is 2. The van der Waals surface area contributed by atoms with Crippen molar-refractivity contribution in [2.45, 2.75) is 65.8 Å². The number of hydrogen-bond acceptors (Lipinski definition) is 2. The molecule has 110 valence electrons. The summed E-state index contributed by atoms with van der Waals surface area (Å²) < 4.78 is 1.91. The Labute approximate surface area is 118 Å². The van der Waals surface area contributed by atoms with Crippen LogP contribution in [0.5, 0.6) is 0 Å². The van der Waals surface area contributed by atoms with Crippen molar-refractivity contribution in [2.75, 3.05) is 6.54 Å². The third-order valence-electron chi connectivity index (χ3n) is 4.02. The average Bonchev–Trinajstić information content (AvgIpc) is 2.78. The van der Waals surface area contributed by atoms with E-state index in [2.05, 4.69) is 44.2 Å². The maximum atomic E-state index is 4.57. The SMILES string of the molecule is CCCCC(CC)(CNC(C)C)Cc1ccn(C)n1. The van der Waals surface area contributed by atoms with E-state index in [1.807, 2.05) is 17.9 Å². The van der Waals surface area contributed by atoms with Gasteiger partial charge in [0.15, 0.2) is 0 Å². The Bertz CT molecular complexity index is 357. The molecule has 1 aromatic rings. The van der Waals surface area contributed by atoms with Crippen molar-refractivity contribution >= 4 is 0 Å². The van der Waals surface area contributed by atoms with Gasteiger partial charge in [-0.15, -0.1) is 0 Å². The van der Waals surface area contributed by atoms with Crippen LogP contribution in [0, 0.1) is 5.41 Å². The van der Waals surface area contributed by atoms with E-state index in [1.165, 1.54) is 31.4 Å². The Balaban J connectivity index is 2.75. The highest BCUT2D eigenvalue weighted by molar-refractivity contribution is 5.03. The Morgan fingerprint density at radius 1 is 1.37 bits per heavy atom. The van der Waals surface area contributed by atoms with Crippen molar-refractivity contribution < 1.29 is 0 Å². The van der Waals surface area contributed by atoms with Crippen LogP contribution in [0.3, 0.4) is 0 Å². The fraction of sp³-hybridized carbons (Fsp3) is 0.812. The van der Waals surface area contributed by atoms with Crippen LogP contribution in [-0.2, 0) is 13.5 Å². The Morgan fingerprint density at radius 3 is 2.58 bits per heavy atom. The van der Waals surface area contributed by atoms with Crippen molar-refractivity contribution in [2.24, 2.45) is 12.5 Å². The molecule has 0 saturated heterocycles. The Kier molecular flexibility index (Phi) is 6.56. The predicted octanol–water partition coefficient (Wildman–Crippen LogP) is 3.55. The summed E-state index contributed by atoms with van der Waals surface area (Å²) >= 11 is 0. The Hall–Kier alpha value is -0.830. The highest BCUT2D eigenvalue weighted by Crippen LogP contribution is 2.32. The van der Waals surface area contributed by atoms with E-state index >= 15 is 0 Å². The molecule has 0 radical (unpaired) electrons. The lowest BCUT2D eigenvalue weighted by Gasteiger charge is -2.33. The summed E-state index contributed by atoms with van der Waals surface area (Å²) in [6.45, 7) is 10.1. The van der Waals surface area contributed by atoms with Gasteiger partial charge in [-0.05, 0) is 30.7 Å². The molecule has 1 unspecified atom stereocenters. The van der Waals surface area contributed by atoms with Crippen LogP contribution in [-0.4, -0.2) is 22.4 Å². The highest BCUT2D eigenvalue weighted by Gasteiger charge is 2.28. The lowest BCUT2D eigenvalue weighted by molar-refractivity contribution is 0.220. The molecule has 1 aromatic heterocycles. The second-order valence-electron chi connectivity index (χ2n) is 6.15. The molecule has 1 heterocycles. The van der Waals surface area contributed by atoms with Gasteiger partial charge >= 0.3 is 0 Å². The number of rotatable bonds is 9. The second-order valence-corrected chi connectivity index (χ2v) is 6.15. The fourth-order valence-corrected chi connectivity index (χ4v) is 2.58. The molecular formula is C16H31N3. The molecule has 0 spiro atoms. The van der Waals surface area contributed by atoms with E-state index in [4.69, 9.17) is 0 Å². The van der Waals surface area contributed by atoms with E-state index in [-0.39, 0.29) is 0 Å². The first kappa shape index (κ1) is 16.2. The lowest BCUT2D eigenvalue weighted by Crippen LogP contribution is -2.39. The zero-order valence-corrected chi connectivity index (χ0v) is 13.4. The summed E-state index contributed by atoms with van der Waals surface area (Å²) in [6.07, 6.45) is 8.21. The number of unbranched alkanes of at least 4 members (excludes halogenated alkanes) is 1. The first-order valence-electron chi connectivity index (χ1n) is 7.73. The largest absolute Gasteiger partial charge is 0.314 e. The number of aryl methyl sites for hydroxylation is 1. The second kappa shape index (κ2) is 7.68. The maximum absolute atomic E-state index is 4.57. The van der Waals surface area contributed by atoms with Gasteiger partial charge in [0, 0.05) is 25.8 Å². The molecule has 0 aliphatic heterocycles. The summed E-state index contributed by atoms with van der Waals surface area (Å²) in [6, 6.07) is 2.71. The first-order valence-corrected chi connectivity index (χ1v) is 7.73. The maximum Gasteiger partial charge on any atom is 0.0630 e. The van der Waals surface area contributed by atoms with Crippen molar-refractivity contribution in [1.29, 1.82) is 0 Å². The first-order chi connectivity index (χ1) is 9.01. The molecule has 19 heavy (non-hydrogen) atoms. The molecular weight excluding hydrogens is 234 g/mol. The highest BCUT2D eigenvalue weighted by atomic mass is 15.2. The molecule has 1 atom stereocenters. The van der Waals surface area contributed by atoms with Crippen LogP contribution in [0.2, 0.25) is 0 Å². The van der Waals surface area contributed by atoms with Crippen LogP contribution < -0.4 is 5.32 Å². The van der Waals surface area contributed by atoms with Gasteiger partial charge in [-0.3, -0.25) is 4.68 Å². The standard InChI is InChI=1S/C16H31N3/c1-6-8-10-16(7-2,13-17-14(3)4)12-15-9-11-19(5)18-15/h9,11,14,17H,6-8,10,12-13H2,1-5H3. The molecule has 1 N–H and O–H groups in total. The topological polar surface area (TPSA) is 29.9 Å². The summed E-state index contributed by atoms with van der Waals surface area (Å²) in [5.41, 5.74) is 1.58. The van der Waals surface area contributed by atoms with Gasteiger partial charge in [-0.2, -0.15) is 5.10 Å². The molecule has 0 aromatic carbocycles. The van der Waals surface area contributed by atoms with Gasteiger partial charge < -0.3 is 5.32 Å². The van der Waals surface area contributed by atoms with Gasteiger partial charge in [0.1, 0.15) is 0 Å². The lowest BCUT2D eigenvalue weighted by atomic mass is 9.76. The normalized spacial score (nSPS) is 14.8. The predicted molar refractivity (Wildman–Crippen MR) is 82.3 cm³/mol. The summed E-state index contributed by atoms with van der Waals surface area (Å²) in [4.78, 5) is 0. The van der Waals surface area contributed by atoms with Crippen LogP contribution in [0.1, 0.15) is 59.1 Å². The zero-order valence-electron chi connectivity index (χ0n) is 13.4. The summed E-state index contributed by atoms with van der Waals surface area (Å²) in [5, 5.41) is 8.21. The van der Waals surface area contributed by atoms with E-state index in [0.29, 0.717) is 11.5 Å². The van der Waals surface area contributed by atoms with Crippen LogP contribution in [0.25, 0.3) is 0 Å². The smallest absolute Gasteiger partial charge is 0.0630 e. The third-order valence-corrected chi connectivity index (χ3v) is 4.02. The van der Waals surface area contributed by atoms with Gasteiger partial charge in [0.25, 0.3) is 0 Å². The van der Waals surface area contributed by atoms with E-state index in [0.717, 1.165) is 13.0 Å². The average molecular weight is 265 g/mol. The molecule has 0 saturated carbocycles. The number of nitrogens with one attached hydrogen (secondary N) is 1. The molecule has 0 amide bonds. The quantitative estimate of drug-likeness (QED) is 0.740. The van der Waals surface area contributed by atoms with Gasteiger partial charge in [0.05, 0.1) is 5.69 Å². The minimum Gasteiger partial charge on any atom is -0.314 e. The zero-order chi connectivity index (χ0) is 14.3. The van der Waals surface area contributed by atoms with Crippen molar-refractivity contribution in [1.82, 2.24) is 15.1 Å². The molecule has 0 aliphatic rings. The van der Waals surface area contributed by atoms with Crippen LogP contribution in [0.4, 0.5) is 0 Å². The van der Waals surface area contributed by atoms with E-state index in [1.54, 1.807) is 0 Å². The van der Waals surface area contributed by atoms with Crippen LogP contribution >= 0.6 is 0 Å². The Morgan fingerprint density at radius 2 is 2.11 bits per heavy atom. The van der Waals surface area contributed by atoms with Crippen LogP contribution in [0.15, 0.2) is 12.3 Å². The molecule has 1 rings (SSSR count). The van der Waals surface area contributed by atoms with Crippen molar-refractivity contribution in [3.8, 4) is 0 Å². The van der Waals surface area contributed by atoms with Crippen molar-refractivity contribution in [3.63, 3.8) is 0 Å². The number of hydrogen-bond donors (Lipinski definition) is 1. The summed E-state index contributed by atoms with van der Waals surface area (Å²) in [7, 11) is 2.00. The van der Waals surface area contributed by atoms with Gasteiger partial charge in [0.2, 0.25) is 0 Å². The van der Waals surface area contributed by atoms with Gasteiger partial charge in [-0.25, -0.2) is 0 Å². The van der Waals surface area contributed by atoms with Gasteiger partial charge in [-0.1, -0.05) is 40.5 Å². The van der Waals surface area contributed by atoms with E-state index in [9.17, 15) is 0 Å². The molecule has 0 aliphatic carbocycles. The minimum absolute atomic E-state index is 0.356. The molecule has 3 nitrogen and oxygen atoms in total. The monoisotopic (exact) mass is 265 g/mol. The number of nitrogens with zero attached hydrogens (tertiary/aromatic N) is 2. The van der Waals surface area contributed by atoms with E-state index < -0.39 is 0 Å². The molecule has 0 bridgehead atoms. The van der Waals surface area contributed by atoms with Crippen molar-refractivity contribution in [3.05, 3.63) is 18.0 Å². The summed E-state index contributed by atoms with van der Waals surface area (Å²) in [5.74, 6) is 0. The minimum atomic E-state index is 0.356.